The summed E-state index contributed by atoms with van der Waals surface area (Å²) in [6.07, 6.45) is 0. The van der Waals surface area contributed by atoms with Crippen molar-refractivity contribution in [1.29, 1.82) is 0 Å². The normalized spacial score (nSPS) is 12.5. The van der Waals surface area contributed by atoms with Gasteiger partial charge in [-0.25, -0.2) is 0 Å². The molecule has 0 fully saturated rings. The van der Waals surface area contributed by atoms with E-state index in [9.17, 15) is 0 Å². The van der Waals surface area contributed by atoms with E-state index in [0.717, 1.165) is 27.6 Å². The molecule has 0 saturated heterocycles. The molecular formula is C46H26N2O. The molecule has 0 amide bonds. The average Bonchev–Trinajstić information content (AvgIpc) is 3.78. The Bertz CT molecular complexity index is 3340. The molecule has 0 N–H and O–H groups in total. The van der Waals surface area contributed by atoms with E-state index in [1.807, 2.05) is 6.07 Å². The van der Waals surface area contributed by atoms with Crippen LogP contribution in [0.2, 0.25) is 0 Å². The maximum absolute atomic E-state index is 6.29. The summed E-state index contributed by atoms with van der Waals surface area (Å²) in [5, 5.41) is 12.5. The van der Waals surface area contributed by atoms with Crippen LogP contribution < -0.4 is 0 Å². The van der Waals surface area contributed by atoms with Gasteiger partial charge >= 0.3 is 0 Å². The molecule has 0 bridgehead atoms. The van der Waals surface area contributed by atoms with Gasteiger partial charge in [0.15, 0.2) is 0 Å². The summed E-state index contributed by atoms with van der Waals surface area (Å²) in [6, 6.07) is 57.5. The van der Waals surface area contributed by atoms with Crippen LogP contribution in [0.4, 0.5) is 0 Å². The van der Waals surface area contributed by atoms with E-state index in [2.05, 4.69) is 161 Å². The van der Waals surface area contributed by atoms with E-state index in [1.165, 1.54) is 81.8 Å². The molecule has 49 heavy (non-hydrogen) atoms. The minimum Gasteiger partial charge on any atom is -0.456 e. The molecule has 8 aromatic carbocycles. The van der Waals surface area contributed by atoms with Gasteiger partial charge in [-0.05, 0) is 70.4 Å². The van der Waals surface area contributed by atoms with Crippen LogP contribution in [-0.2, 0) is 0 Å². The quantitative estimate of drug-likeness (QED) is 0.188. The van der Waals surface area contributed by atoms with Gasteiger partial charge in [0, 0.05) is 48.8 Å². The van der Waals surface area contributed by atoms with Gasteiger partial charge in [0.05, 0.1) is 27.6 Å². The Labute approximate surface area is 279 Å². The summed E-state index contributed by atoms with van der Waals surface area (Å²) in [4.78, 5) is 0. The van der Waals surface area contributed by atoms with Gasteiger partial charge in [0.2, 0.25) is 0 Å². The predicted molar refractivity (Wildman–Crippen MR) is 206 cm³/mol. The van der Waals surface area contributed by atoms with Crippen molar-refractivity contribution >= 4 is 92.6 Å². The Hall–Kier alpha value is -6.58. The SMILES string of the molecule is c1cc(-c2cccc3oc4ccccc4c23)cc(-n2c3cc4ccccc4c4c5ccccc5n5c6ccccc6c6ccc2c(c43)c65)c1. The maximum atomic E-state index is 6.29. The molecule has 0 radical (unpaired) electrons. The van der Waals surface area contributed by atoms with Crippen molar-refractivity contribution in [2.45, 2.75) is 0 Å². The predicted octanol–water partition coefficient (Wildman–Crippen LogP) is 12.7. The first-order chi connectivity index (χ1) is 24.3. The van der Waals surface area contributed by atoms with Gasteiger partial charge in [-0.3, -0.25) is 0 Å². The van der Waals surface area contributed by atoms with Crippen molar-refractivity contribution in [3.05, 3.63) is 158 Å². The van der Waals surface area contributed by atoms with E-state index in [0.29, 0.717) is 0 Å². The Kier molecular flexibility index (Phi) is 4.72. The van der Waals surface area contributed by atoms with Crippen molar-refractivity contribution in [3.63, 3.8) is 0 Å². The monoisotopic (exact) mass is 622 g/mol. The molecule has 0 aliphatic heterocycles. The smallest absolute Gasteiger partial charge is 0.136 e. The maximum Gasteiger partial charge on any atom is 0.136 e. The zero-order valence-electron chi connectivity index (χ0n) is 26.3. The molecule has 0 spiro atoms. The lowest BCUT2D eigenvalue weighted by atomic mass is 9.97. The summed E-state index contributed by atoms with van der Waals surface area (Å²) in [7, 11) is 0. The number of hydrogen-bond donors (Lipinski definition) is 0. The molecule has 0 atom stereocenters. The summed E-state index contributed by atoms with van der Waals surface area (Å²) in [5.41, 5.74) is 11.5. The molecule has 12 aromatic rings. The second-order valence-electron chi connectivity index (χ2n) is 13.3. The third-order valence-electron chi connectivity index (χ3n) is 10.8. The van der Waals surface area contributed by atoms with Crippen molar-refractivity contribution in [3.8, 4) is 16.8 Å². The lowest BCUT2D eigenvalue weighted by molar-refractivity contribution is 0.669. The van der Waals surface area contributed by atoms with E-state index < -0.39 is 0 Å². The number of para-hydroxylation sites is 3. The fourth-order valence-electron chi connectivity index (χ4n) is 8.89. The fourth-order valence-corrected chi connectivity index (χ4v) is 8.89. The minimum atomic E-state index is 0.910. The first-order valence-electron chi connectivity index (χ1n) is 16.9. The van der Waals surface area contributed by atoms with Gasteiger partial charge in [-0.1, -0.05) is 109 Å². The zero-order chi connectivity index (χ0) is 31.8. The summed E-state index contributed by atoms with van der Waals surface area (Å²) >= 11 is 0. The molecule has 0 aliphatic rings. The number of rotatable bonds is 2. The molecule has 226 valence electrons. The molecule has 4 heterocycles. The van der Waals surface area contributed by atoms with Crippen LogP contribution in [0.3, 0.4) is 0 Å². The molecule has 3 nitrogen and oxygen atoms in total. The number of hydrogen-bond acceptors (Lipinski definition) is 1. The van der Waals surface area contributed by atoms with Crippen LogP contribution in [0.1, 0.15) is 0 Å². The lowest BCUT2D eigenvalue weighted by Gasteiger charge is -2.12. The standard InChI is InChI=1S/C46H26N2O/c1-2-14-31-28(11-1)26-39-44-43(31)34-16-4-7-20-37(34)48-36-19-6-3-15-32(36)33-23-24-38(45(44)46(33)48)47(39)29-13-9-12-27(25-29)30-18-10-22-41-42(30)35-17-5-8-21-40(35)49-41/h1-26H. The van der Waals surface area contributed by atoms with Crippen LogP contribution in [0.15, 0.2) is 162 Å². The molecule has 3 heteroatoms. The average molecular weight is 623 g/mol. The van der Waals surface area contributed by atoms with Crippen LogP contribution in [0.25, 0.3) is 109 Å². The van der Waals surface area contributed by atoms with Gasteiger partial charge in [-0.2, -0.15) is 0 Å². The summed E-state index contributed by atoms with van der Waals surface area (Å²) < 4.78 is 11.3. The van der Waals surface area contributed by atoms with E-state index in [4.69, 9.17) is 4.42 Å². The molecule has 0 saturated carbocycles. The number of benzene rings is 8. The van der Waals surface area contributed by atoms with Crippen molar-refractivity contribution < 1.29 is 4.42 Å². The van der Waals surface area contributed by atoms with E-state index in [1.54, 1.807) is 0 Å². The number of furan rings is 1. The highest BCUT2D eigenvalue weighted by atomic mass is 16.3. The summed E-state index contributed by atoms with van der Waals surface area (Å²) in [5.74, 6) is 0. The van der Waals surface area contributed by atoms with Gasteiger partial charge < -0.3 is 13.4 Å². The minimum absolute atomic E-state index is 0.910. The Morgan fingerprint density at radius 3 is 2.00 bits per heavy atom. The molecule has 0 unspecified atom stereocenters. The number of fused-ring (bicyclic) bond motifs is 11. The molecule has 12 rings (SSSR count). The number of nitrogens with zero attached hydrogens (tertiary/aromatic N) is 2. The first-order valence-corrected chi connectivity index (χ1v) is 16.9. The molecule has 0 aliphatic carbocycles. The lowest BCUT2D eigenvalue weighted by Crippen LogP contribution is -1.95. The van der Waals surface area contributed by atoms with Crippen LogP contribution >= 0.6 is 0 Å². The third-order valence-corrected chi connectivity index (χ3v) is 10.8. The Morgan fingerprint density at radius 2 is 1.10 bits per heavy atom. The van der Waals surface area contributed by atoms with Gasteiger partial charge in [0.1, 0.15) is 11.2 Å². The molecule has 4 aromatic heterocycles. The second kappa shape index (κ2) is 9.06. The number of aromatic nitrogens is 2. The summed E-state index contributed by atoms with van der Waals surface area (Å²) in [6.45, 7) is 0. The van der Waals surface area contributed by atoms with Crippen molar-refractivity contribution in [2.75, 3.05) is 0 Å². The van der Waals surface area contributed by atoms with Crippen molar-refractivity contribution in [2.24, 2.45) is 0 Å². The van der Waals surface area contributed by atoms with E-state index in [-0.39, 0.29) is 0 Å². The van der Waals surface area contributed by atoms with Crippen LogP contribution in [0, 0.1) is 0 Å². The van der Waals surface area contributed by atoms with E-state index >= 15 is 0 Å². The van der Waals surface area contributed by atoms with Crippen LogP contribution in [0.5, 0.6) is 0 Å². The highest BCUT2D eigenvalue weighted by Gasteiger charge is 2.24. The highest BCUT2D eigenvalue weighted by molar-refractivity contribution is 6.37. The first kappa shape index (κ1) is 25.5. The largest absolute Gasteiger partial charge is 0.456 e. The third kappa shape index (κ3) is 3.17. The highest BCUT2D eigenvalue weighted by Crippen LogP contribution is 2.47. The topological polar surface area (TPSA) is 22.5 Å². The Balaban J connectivity index is 1.29. The second-order valence-corrected chi connectivity index (χ2v) is 13.3. The van der Waals surface area contributed by atoms with Crippen molar-refractivity contribution in [1.82, 2.24) is 8.97 Å². The zero-order valence-corrected chi connectivity index (χ0v) is 26.3. The fraction of sp³-hybridized carbons (Fsp3) is 0. The van der Waals surface area contributed by atoms with Gasteiger partial charge in [-0.15, -0.1) is 0 Å². The Morgan fingerprint density at radius 1 is 0.388 bits per heavy atom. The van der Waals surface area contributed by atoms with Gasteiger partial charge in [0.25, 0.3) is 0 Å². The van der Waals surface area contributed by atoms with Crippen LogP contribution in [-0.4, -0.2) is 8.97 Å². The molecular weight excluding hydrogens is 597 g/mol.